The molecule has 0 fully saturated rings. The van der Waals surface area contributed by atoms with Gasteiger partial charge in [-0.2, -0.15) is 15.4 Å². The highest BCUT2D eigenvalue weighted by Gasteiger charge is 2.22. The topological polar surface area (TPSA) is 120 Å². The molecule has 6 bridgehead atoms. The van der Waals surface area contributed by atoms with Gasteiger partial charge in [0, 0.05) is 18.7 Å². The van der Waals surface area contributed by atoms with Crippen LogP contribution in [0.1, 0.15) is 34.6 Å². The maximum absolute atomic E-state index is 6.12. The number of aromatic nitrogens is 6. The standard InChI is InChI=1S/C25H24N8O/c26-23-11-22(24-25(29-23)31-32-30-24)21-7-8-27-12-16-3-1-5-19(9-16)34-20-6-2-4-17(10-20)14-33-15-18(21)13-28-33/h1-6,9-11,13,15,21,27H,7-8,12,14H2,(H3,26,29,30,31,32). The highest BCUT2D eigenvalue weighted by molar-refractivity contribution is 5.77. The Morgan fingerprint density at radius 3 is 2.71 bits per heavy atom. The number of aromatic amines is 1. The van der Waals surface area contributed by atoms with Gasteiger partial charge < -0.3 is 15.8 Å². The van der Waals surface area contributed by atoms with Crippen LogP contribution in [0, 0.1) is 0 Å². The van der Waals surface area contributed by atoms with E-state index in [1.807, 2.05) is 41.2 Å². The Morgan fingerprint density at radius 2 is 1.82 bits per heavy atom. The lowest BCUT2D eigenvalue weighted by atomic mass is 9.90. The molecule has 1 atom stereocenters. The third-order valence-electron chi connectivity index (χ3n) is 6.09. The predicted molar refractivity (Wildman–Crippen MR) is 129 cm³/mol. The minimum atomic E-state index is 0.0352. The molecule has 0 saturated carbocycles. The van der Waals surface area contributed by atoms with Gasteiger partial charge in [0.2, 0.25) is 5.65 Å². The Kier molecular flexibility index (Phi) is 5.15. The number of H-pyrrole nitrogens is 1. The second-order valence-electron chi connectivity index (χ2n) is 8.52. The summed E-state index contributed by atoms with van der Waals surface area (Å²) in [6, 6.07) is 18.2. The fraction of sp³-hybridized carbons (Fsp3) is 0.200. The first-order valence-corrected chi connectivity index (χ1v) is 11.3. The highest BCUT2D eigenvalue weighted by Crippen LogP contribution is 2.32. The maximum atomic E-state index is 6.12. The molecule has 9 nitrogen and oxygen atoms in total. The molecule has 2 aromatic carbocycles. The number of pyridine rings is 1. The van der Waals surface area contributed by atoms with Crippen LogP contribution < -0.4 is 15.8 Å². The quantitative estimate of drug-likeness (QED) is 0.355. The van der Waals surface area contributed by atoms with Gasteiger partial charge in [-0.25, -0.2) is 4.98 Å². The third kappa shape index (κ3) is 4.08. The predicted octanol–water partition coefficient (Wildman–Crippen LogP) is 3.60. The van der Waals surface area contributed by atoms with Gasteiger partial charge in [0.1, 0.15) is 22.8 Å². The van der Waals surface area contributed by atoms with Crippen molar-refractivity contribution in [3.63, 3.8) is 0 Å². The lowest BCUT2D eigenvalue weighted by Crippen LogP contribution is -2.18. The molecule has 34 heavy (non-hydrogen) atoms. The zero-order chi connectivity index (χ0) is 22.9. The second-order valence-corrected chi connectivity index (χ2v) is 8.52. The van der Waals surface area contributed by atoms with Crippen LogP contribution in [-0.2, 0) is 13.1 Å². The van der Waals surface area contributed by atoms with E-state index in [1.54, 1.807) is 0 Å². The zero-order valence-electron chi connectivity index (χ0n) is 18.5. The van der Waals surface area contributed by atoms with Gasteiger partial charge in [0.25, 0.3) is 0 Å². The molecule has 0 amide bonds. The van der Waals surface area contributed by atoms with Crippen molar-refractivity contribution in [2.45, 2.75) is 25.4 Å². The van der Waals surface area contributed by atoms with Crippen molar-refractivity contribution >= 4 is 17.0 Å². The van der Waals surface area contributed by atoms with Crippen molar-refractivity contribution in [3.8, 4) is 11.5 Å². The summed E-state index contributed by atoms with van der Waals surface area (Å²) in [5.41, 5.74) is 11.7. The average Bonchev–Trinajstić information content (AvgIpc) is 3.48. The van der Waals surface area contributed by atoms with Gasteiger partial charge in [0.15, 0.2) is 0 Å². The summed E-state index contributed by atoms with van der Waals surface area (Å²) in [5.74, 6) is 2.09. The number of anilines is 1. The molecule has 9 heteroatoms. The van der Waals surface area contributed by atoms with Crippen molar-refractivity contribution < 1.29 is 4.74 Å². The van der Waals surface area contributed by atoms with Crippen LogP contribution in [0.3, 0.4) is 0 Å². The van der Waals surface area contributed by atoms with Gasteiger partial charge in [-0.05, 0) is 65.6 Å². The lowest BCUT2D eigenvalue weighted by Gasteiger charge is -2.17. The Morgan fingerprint density at radius 1 is 1.00 bits per heavy atom. The molecular weight excluding hydrogens is 428 g/mol. The second kappa shape index (κ2) is 8.60. The van der Waals surface area contributed by atoms with E-state index < -0.39 is 0 Å². The van der Waals surface area contributed by atoms with Crippen LogP contribution in [0.2, 0.25) is 0 Å². The van der Waals surface area contributed by atoms with Crippen molar-refractivity contribution in [1.82, 2.24) is 35.5 Å². The van der Waals surface area contributed by atoms with Crippen molar-refractivity contribution in [2.75, 3.05) is 12.3 Å². The van der Waals surface area contributed by atoms with E-state index in [9.17, 15) is 0 Å². The largest absolute Gasteiger partial charge is 0.457 e. The number of nitrogen functional groups attached to an aromatic ring is 1. The molecular formula is C25H24N8O. The molecule has 1 aliphatic rings. The van der Waals surface area contributed by atoms with E-state index in [4.69, 9.17) is 10.5 Å². The number of nitrogens with one attached hydrogen (secondary N) is 2. The number of ether oxygens (including phenoxy) is 1. The molecule has 1 unspecified atom stereocenters. The Bertz CT molecular complexity index is 1460. The van der Waals surface area contributed by atoms with Gasteiger partial charge in [-0.15, -0.1) is 5.10 Å². The normalized spacial score (nSPS) is 16.3. The third-order valence-corrected chi connectivity index (χ3v) is 6.09. The SMILES string of the molecule is Nc1cc(C2CCNCc3cccc(c3)Oc3cccc(c3)Cn3cc2cn3)c2n[nH]nc2n1. The first kappa shape index (κ1) is 20.4. The highest BCUT2D eigenvalue weighted by atomic mass is 16.5. The van der Waals surface area contributed by atoms with Crippen LogP contribution in [0.5, 0.6) is 11.5 Å². The molecule has 4 heterocycles. The molecule has 0 radical (unpaired) electrons. The number of hydrogen-bond acceptors (Lipinski definition) is 7. The first-order valence-electron chi connectivity index (χ1n) is 11.3. The summed E-state index contributed by atoms with van der Waals surface area (Å²) < 4.78 is 8.08. The van der Waals surface area contributed by atoms with Gasteiger partial charge in [-0.3, -0.25) is 4.68 Å². The number of nitrogens with zero attached hydrogens (tertiary/aromatic N) is 5. The van der Waals surface area contributed by atoms with Crippen molar-refractivity contribution in [3.05, 3.63) is 89.2 Å². The Hall–Kier alpha value is -4.24. The van der Waals surface area contributed by atoms with E-state index >= 15 is 0 Å². The smallest absolute Gasteiger partial charge is 0.203 e. The molecule has 1 aliphatic heterocycles. The van der Waals surface area contributed by atoms with Crippen LogP contribution >= 0.6 is 0 Å². The summed E-state index contributed by atoms with van der Waals surface area (Å²) in [7, 11) is 0. The Labute approximate surface area is 196 Å². The van der Waals surface area contributed by atoms with Crippen LogP contribution in [-0.4, -0.2) is 36.7 Å². The summed E-state index contributed by atoms with van der Waals surface area (Å²) in [4.78, 5) is 4.31. The Balaban J connectivity index is 1.41. The molecule has 170 valence electrons. The van der Waals surface area contributed by atoms with Crippen LogP contribution in [0.4, 0.5) is 5.82 Å². The molecule has 0 spiro atoms. The fourth-order valence-corrected chi connectivity index (χ4v) is 4.52. The van der Waals surface area contributed by atoms with E-state index in [-0.39, 0.29) is 5.92 Å². The molecule has 0 aliphatic carbocycles. The number of benzene rings is 2. The molecule has 5 aromatic rings. The molecule has 4 N–H and O–H groups in total. The maximum Gasteiger partial charge on any atom is 0.203 e. The lowest BCUT2D eigenvalue weighted by molar-refractivity contribution is 0.480. The minimum absolute atomic E-state index is 0.0352. The summed E-state index contributed by atoms with van der Waals surface area (Å²) in [6.45, 7) is 2.17. The summed E-state index contributed by atoms with van der Waals surface area (Å²) in [5, 5.41) is 19.4. The molecule has 0 saturated heterocycles. The molecule has 6 rings (SSSR count). The van der Waals surface area contributed by atoms with E-state index in [0.717, 1.165) is 58.8 Å². The number of hydrogen-bond donors (Lipinski definition) is 3. The first-order chi connectivity index (χ1) is 16.7. The zero-order valence-corrected chi connectivity index (χ0v) is 18.5. The van der Waals surface area contributed by atoms with Crippen molar-refractivity contribution in [2.24, 2.45) is 0 Å². The number of fused-ring (bicyclic) bond motifs is 7. The van der Waals surface area contributed by atoms with E-state index in [2.05, 4.69) is 61.3 Å². The van der Waals surface area contributed by atoms with Crippen LogP contribution in [0.25, 0.3) is 11.2 Å². The van der Waals surface area contributed by atoms with Gasteiger partial charge in [-0.1, -0.05) is 24.3 Å². The summed E-state index contributed by atoms with van der Waals surface area (Å²) in [6.07, 6.45) is 4.85. The average molecular weight is 453 g/mol. The number of nitrogens with two attached hydrogens (primary N) is 1. The van der Waals surface area contributed by atoms with E-state index in [1.165, 1.54) is 0 Å². The van der Waals surface area contributed by atoms with Crippen LogP contribution in [0.15, 0.2) is 67.0 Å². The minimum Gasteiger partial charge on any atom is -0.457 e. The summed E-state index contributed by atoms with van der Waals surface area (Å²) >= 11 is 0. The fourth-order valence-electron chi connectivity index (χ4n) is 4.52. The van der Waals surface area contributed by atoms with Gasteiger partial charge >= 0.3 is 0 Å². The molecule has 3 aromatic heterocycles. The monoisotopic (exact) mass is 452 g/mol. The number of rotatable bonds is 1. The van der Waals surface area contributed by atoms with Crippen molar-refractivity contribution in [1.29, 1.82) is 0 Å². The van der Waals surface area contributed by atoms with Gasteiger partial charge in [0.05, 0.1) is 12.7 Å². The van der Waals surface area contributed by atoms with E-state index in [0.29, 0.717) is 18.0 Å².